The summed E-state index contributed by atoms with van der Waals surface area (Å²) in [5.74, 6) is 0.0590. The Balaban J connectivity index is 1.66. The first-order valence-electron chi connectivity index (χ1n) is 10.7. The van der Waals surface area contributed by atoms with Crippen LogP contribution in [0.25, 0.3) is 0 Å². The van der Waals surface area contributed by atoms with Gasteiger partial charge in [0.1, 0.15) is 11.5 Å². The van der Waals surface area contributed by atoms with Gasteiger partial charge in [0.25, 0.3) is 5.69 Å². The molecule has 0 aromatic heterocycles. The maximum Gasteiger partial charge on any atom is 0.295 e. The topological polar surface area (TPSA) is 93.9 Å². The predicted octanol–water partition coefficient (Wildman–Crippen LogP) is 4.34. The van der Waals surface area contributed by atoms with Crippen LogP contribution in [0.15, 0.2) is 60.7 Å². The van der Waals surface area contributed by atoms with E-state index in [9.17, 15) is 19.3 Å². The minimum absolute atomic E-state index is 0.0120. The number of nitro groups is 1. The molecule has 34 heavy (non-hydrogen) atoms. The summed E-state index contributed by atoms with van der Waals surface area (Å²) in [6, 6.07) is 16.5. The van der Waals surface area contributed by atoms with Crippen molar-refractivity contribution in [1.82, 2.24) is 4.90 Å². The van der Waals surface area contributed by atoms with Crippen LogP contribution >= 0.6 is 0 Å². The first-order chi connectivity index (χ1) is 16.4. The molecular formula is C25H24FN3O5. The van der Waals surface area contributed by atoms with Crippen molar-refractivity contribution in [3.8, 4) is 11.5 Å². The molecular weight excluding hydrogens is 441 g/mol. The second kappa shape index (κ2) is 9.88. The van der Waals surface area contributed by atoms with Gasteiger partial charge in [-0.3, -0.25) is 19.8 Å². The highest BCUT2D eigenvalue weighted by Gasteiger charge is 2.32. The van der Waals surface area contributed by atoms with Crippen LogP contribution in [-0.2, 0) is 11.2 Å². The normalized spacial score (nSPS) is 15.3. The van der Waals surface area contributed by atoms with E-state index in [-0.39, 0.29) is 18.3 Å². The molecule has 0 bridgehead atoms. The molecule has 1 aliphatic heterocycles. The van der Waals surface area contributed by atoms with Gasteiger partial charge >= 0.3 is 0 Å². The Morgan fingerprint density at radius 3 is 2.50 bits per heavy atom. The zero-order valence-corrected chi connectivity index (χ0v) is 18.8. The zero-order chi connectivity index (χ0) is 24.2. The van der Waals surface area contributed by atoms with Gasteiger partial charge in [0, 0.05) is 6.54 Å². The molecule has 8 nitrogen and oxygen atoms in total. The Bertz CT molecular complexity index is 1220. The fraction of sp³-hybridized carbons (Fsp3) is 0.240. The van der Waals surface area contributed by atoms with Crippen LogP contribution in [0, 0.1) is 15.9 Å². The molecule has 0 unspecified atom stereocenters. The third-order valence-corrected chi connectivity index (χ3v) is 5.87. The molecule has 0 saturated carbocycles. The number of nitro benzene ring substituents is 1. The number of nitrogens with one attached hydrogen (secondary N) is 1. The van der Waals surface area contributed by atoms with Crippen LogP contribution in [0.5, 0.6) is 11.5 Å². The SMILES string of the molecule is COc1cc2c(cc1OC)[C@H](c1ccccc1)N(CC(=O)Nc1ccc(F)cc1[N+](=O)[O-])CC2. The third-order valence-electron chi connectivity index (χ3n) is 5.87. The van der Waals surface area contributed by atoms with Crippen LogP contribution in [0.4, 0.5) is 15.8 Å². The van der Waals surface area contributed by atoms with Crippen molar-refractivity contribution in [3.05, 3.63) is 93.3 Å². The van der Waals surface area contributed by atoms with E-state index in [1.807, 2.05) is 47.4 Å². The van der Waals surface area contributed by atoms with Gasteiger partial charge in [0.05, 0.1) is 37.8 Å². The lowest BCUT2D eigenvalue weighted by Crippen LogP contribution is -2.41. The number of hydrogen-bond donors (Lipinski definition) is 1. The van der Waals surface area contributed by atoms with Crippen LogP contribution in [0.1, 0.15) is 22.7 Å². The quantitative estimate of drug-likeness (QED) is 0.412. The molecule has 9 heteroatoms. The van der Waals surface area contributed by atoms with Crippen LogP contribution < -0.4 is 14.8 Å². The number of benzene rings is 3. The lowest BCUT2D eigenvalue weighted by molar-refractivity contribution is -0.384. The summed E-state index contributed by atoms with van der Waals surface area (Å²) in [5, 5.41) is 13.9. The zero-order valence-electron chi connectivity index (χ0n) is 18.8. The number of anilines is 1. The van der Waals surface area contributed by atoms with Crippen molar-refractivity contribution in [2.24, 2.45) is 0 Å². The fourth-order valence-corrected chi connectivity index (χ4v) is 4.33. The standard InChI is InChI=1S/C25H24FN3O5/c1-33-22-12-17-10-11-28(15-24(30)27-20-9-8-18(26)13-21(20)29(31)32)25(16-6-4-3-5-7-16)19(17)14-23(22)34-2/h3-9,12-14,25H,10-11,15H2,1-2H3,(H,27,30)/t25-/m0/s1. The largest absolute Gasteiger partial charge is 0.493 e. The maximum absolute atomic E-state index is 13.5. The second-order valence-corrected chi connectivity index (χ2v) is 7.91. The Morgan fingerprint density at radius 2 is 1.82 bits per heavy atom. The van der Waals surface area contributed by atoms with E-state index in [1.54, 1.807) is 14.2 Å². The summed E-state index contributed by atoms with van der Waals surface area (Å²) < 4.78 is 24.4. The van der Waals surface area contributed by atoms with E-state index >= 15 is 0 Å². The van der Waals surface area contributed by atoms with E-state index in [1.165, 1.54) is 6.07 Å². The van der Waals surface area contributed by atoms with Crippen molar-refractivity contribution in [3.63, 3.8) is 0 Å². The summed E-state index contributed by atoms with van der Waals surface area (Å²) in [5.41, 5.74) is 2.55. The van der Waals surface area contributed by atoms with E-state index in [2.05, 4.69) is 5.32 Å². The van der Waals surface area contributed by atoms with E-state index in [0.29, 0.717) is 24.5 Å². The molecule has 0 spiro atoms. The molecule has 0 radical (unpaired) electrons. The van der Waals surface area contributed by atoms with E-state index in [4.69, 9.17) is 9.47 Å². The molecule has 4 rings (SSSR count). The number of rotatable bonds is 7. The predicted molar refractivity (Wildman–Crippen MR) is 125 cm³/mol. The highest BCUT2D eigenvalue weighted by Crippen LogP contribution is 2.41. The Morgan fingerprint density at radius 1 is 1.12 bits per heavy atom. The molecule has 1 atom stereocenters. The van der Waals surface area contributed by atoms with Crippen molar-refractivity contribution in [2.45, 2.75) is 12.5 Å². The first kappa shape index (κ1) is 23.2. The molecule has 3 aromatic carbocycles. The number of methoxy groups -OCH3 is 2. The smallest absolute Gasteiger partial charge is 0.295 e. The molecule has 0 aliphatic carbocycles. The highest BCUT2D eigenvalue weighted by atomic mass is 19.1. The van der Waals surface area contributed by atoms with Gasteiger partial charge in [0.15, 0.2) is 11.5 Å². The maximum atomic E-state index is 13.5. The first-order valence-corrected chi connectivity index (χ1v) is 10.7. The van der Waals surface area contributed by atoms with Crippen molar-refractivity contribution in [2.75, 3.05) is 32.6 Å². The average Bonchev–Trinajstić information content (AvgIpc) is 2.84. The van der Waals surface area contributed by atoms with Gasteiger partial charge in [-0.25, -0.2) is 4.39 Å². The molecule has 1 amide bonds. The number of carbonyl (C=O) groups excluding carboxylic acids is 1. The Hall–Kier alpha value is -3.98. The fourth-order valence-electron chi connectivity index (χ4n) is 4.33. The van der Waals surface area contributed by atoms with Gasteiger partial charge in [-0.15, -0.1) is 0 Å². The molecule has 1 heterocycles. The van der Waals surface area contributed by atoms with Gasteiger partial charge in [-0.1, -0.05) is 30.3 Å². The second-order valence-electron chi connectivity index (χ2n) is 7.91. The van der Waals surface area contributed by atoms with Crippen LogP contribution in [-0.4, -0.2) is 43.0 Å². The number of halogens is 1. The summed E-state index contributed by atoms with van der Waals surface area (Å²) >= 11 is 0. The van der Waals surface area contributed by atoms with Crippen LogP contribution in [0.3, 0.4) is 0 Å². The number of hydrogen-bond acceptors (Lipinski definition) is 6. The van der Waals surface area contributed by atoms with Crippen molar-refractivity contribution in [1.29, 1.82) is 0 Å². The average molecular weight is 465 g/mol. The number of amides is 1. The van der Waals surface area contributed by atoms with Crippen molar-refractivity contribution >= 4 is 17.3 Å². The molecule has 176 valence electrons. The van der Waals surface area contributed by atoms with Gasteiger partial charge < -0.3 is 14.8 Å². The molecule has 3 aromatic rings. The summed E-state index contributed by atoms with van der Waals surface area (Å²) in [6.45, 7) is 0.572. The van der Waals surface area contributed by atoms with Crippen molar-refractivity contribution < 1.29 is 23.6 Å². The number of fused-ring (bicyclic) bond motifs is 1. The molecule has 1 aliphatic rings. The minimum atomic E-state index is -0.745. The van der Waals surface area contributed by atoms with Crippen LogP contribution in [0.2, 0.25) is 0 Å². The van der Waals surface area contributed by atoms with Gasteiger partial charge in [-0.2, -0.15) is 0 Å². The number of nitrogens with zero attached hydrogens (tertiary/aromatic N) is 2. The molecule has 1 N–H and O–H groups in total. The summed E-state index contributed by atoms with van der Waals surface area (Å²) in [7, 11) is 3.17. The lowest BCUT2D eigenvalue weighted by Gasteiger charge is -2.37. The number of ether oxygens (including phenoxy) is 2. The van der Waals surface area contributed by atoms with E-state index < -0.39 is 22.3 Å². The third kappa shape index (κ3) is 4.69. The van der Waals surface area contributed by atoms with E-state index in [0.717, 1.165) is 28.8 Å². The highest BCUT2D eigenvalue weighted by molar-refractivity contribution is 5.94. The Kier molecular flexibility index (Phi) is 6.74. The van der Waals surface area contributed by atoms with Gasteiger partial charge in [0.2, 0.25) is 5.91 Å². The monoisotopic (exact) mass is 465 g/mol. The summed E-state index contributed by atoms with van der Waals surface area (Å²) in [6.07, 6.45) is 0.684. The molecule has 0 fully saturated rings. The summed E-state index contributed by atoms with van der Waals surface area (Å²) in [4.78, 5) is 25.5. The number of carbonyl (C=O) groups is 1. The lowest BCUT2D eigenvalue weighted by atomic mass is 9.87. The minimum Gasteiger partial charge on any atom is -0.493 e. The van der Waals surface area contributed by atoms with Gasteiger partial charge in [-0.05, 0) is 47.4 Å². The molecule has 0 saturated heterocycles. The Labute approximate surface area is 196 Å².